The zero-order valence-corrected chi connectivity index (χ0v) is 19.1. The van der Waals surface area contributed by atoms with Gasteiger partial charge in [0.15, 0.2) is 5.96 Å². The number of nitrogens with zero attached hydrogens (tertiary/aromatic N) is 2. The van der Waals surface area contributed by atoms with Crippen molar-refractivity contribution < 1.29 is 14.2 Å². The first-order valence-corrected chi connectivity index (χ1v) is 11.4. The van der Waals surface area contributed by atoms with E-state index in [0.717, 1.165) is 43.5 Å². The molecule has 2 aromatic carbocycles. The van der Waals surface area contributed by atoms with Crippen LogP contribution in [-0.2, 0) is 13.2 Å². The summed E-state index contributed by atoms with van der Waals surface area (Å²) in [6.07, 6.45) is 3.73. The van der Waals surface area contributed by atoms with Gasteiger partial charge in [-0.2, -0.15) is 0 Å². The molecular formula is C25H35FN4O2. The molecule has 1 aliphatic heterocycles. The Morgan fingerprint density at radius 2 is 1.88 bits per heavy atom. The molecule has 0 aliphatic carbocycles. The van der Waals surface area contributed by atoms with Gasteiger partial charge >= 0.3 is 0 Å². The molecule has 3 N–H and O–H groups in total. The largest absolute Gasteiger partial charge is 0.497 e. The molecule has 2 aromatic rings. The normalized spacial score (nSPS) is 15.9. The highest BCUT2D eigenvalue weighted by Crippen LogP contribution is 2.26. The summed E-state index contributed by atoms with van der Waals surface area (Å²) in [5.41, 5.74) is 2.40. The average Bonchev–Trinajstić information content (AvgIpc) is 2.84. The minimum Gasteiger partial charge on any atom is -0.497 e. The minimum absolute atomic E-state index is 0.233. The summed E-state index contributed by atoms with van der Waals surface area (Å²) >= 11 is 0. The van der Waals surface area contributed by atoms with Crippen molar-refractivity contribution in [2.45, 2.75) is 45.4 Å². The van der Waals surface area contributed by atoms with E-state index in [1.165, 1.54) is 30.9 Å². The van der Waals surface area contributed by atoms with Gasteiger partial charge in [-0.05, 0) is 68.2 Å². The molecule has 1 heterocycles. The number of methoxy groups -OCH3 is 1. The van der Waals surface area contributed by atoms with Crippen LogP contribution in [0.4, 0.5) is 4.39 Å². The molecule has 1 fully saturated rings. The van der Waals surface area contributed by atoms with Gasteiger partial charge in [0.05, 0.1) is 26.3 Å². The van der Waals surface area contributed by atoms with E-state index in [2.05, 4.69) is 32.7 Å². The molecule has 0 radical (unpaired) electrons. The summed E-state index contributed by atoms with van der Waals surface area (Å²) in [5.74, 6) is 1.18. The molecule has 0 aromatic heterocycles. The number of rotatable bonds is 9. The Balaban J connectivity index is 1.72. The van der Waals surface area contributed by atoms with Gasteiger partial charge < -0.3 is 20.5 Å². The van der Waals surface area contributed by atoms with Crippen LogP contribution in [0.25, 0.3) is 0 Å². The quantitative estimate of drug-likeness (QED) is 0.409. The lowest BCUT2D eigenvalue weighted by molar-refractivity contribution is 0.164. The fourth-order valence-electron chi connectivity index (χ4n) is 4.07. The Morgan fingerprint density at radius 3 is 2.53 bits per heavy atom. The van der Waals surface area contributed by atoms with Gasteiger partial charge in [0.25, 0.3) is 0 Å². The van der Waals surface area contributed by atoms with E-state index in [4.69, 9.17) is 4.74 Å². The third-order valence-corrected chi connectivity index (χ3v) is 5.84. The molecule has 1 atom stereocenters. The van der Waals surface area contributed by atoms with Gasteiger partial charge in [0.1, 0.15) is 11.6 Å². The van der Waals surface area contributed by atoms with E-state index in [-0.39, 0.29) is 12.6 Å². The number of hydrogen-bond acceptors (Lipinski definition) is 4. The lowest BCUT2D eigenvalue weighted by Gasteiger charge is -2.35. The standard InChI is InChI=1S/C25H35FN4O2/c1-3-27-25(28-16-19-7-12-23(26)21(15-19)18-31)29-17-24(30-13-5-4-6-14-30)20-8-10-22(32-2)11-9-20/h7-12,15,24,31H,3-6,13-14,16-18H2,1-2H3,(H2,27,28,29). The number of piperidine rings is 1. The molecule has 0 spiro atoms. The second-order valence-electron chi connectivity index (χ2n) is 8.05. The van der Waals surface area contributed by atoms with Crippen LogP contribution < -0.4 is 15.4 Å². The zero-order valence-electron chi connectivity index (χ0n) is 19.1. The highest BCUT2D eigenvalue weighted by molar-refractivity contribution is 5.79. The van der Waals surface area contributed by atoms with Crippen LogP contribution in [0.15, 0.2) is 47.5 Å². The molecule has 32 heavy (non-hydrogen) atoms. The van der Waals surface area contributed by atoms with E-state index in [0.29, 0.717) is 12.1 Å². The number of aliphatic hydroxyl groups excluding tert-OH is 1. The Hall–Kier alpha value is -2.64. The van der Waals surface area contributed by atoms with Crippen molar-refractivity contribution in [1.29, 1.82) is 0 Å². The molecule has 1 unspecified atom stereocenters. The van der Waals surface area contributed by atoms with Crippen molar-refractivity contribution in [2.75, 3.05) is 33.3 Å². The van der Waals surface area contributed by atoms with E-state index >= 15 is 0 Å². The molecule has 1 aliphatic rings. The maximum absolute atomic E-state index is 13.7. The number of nitrogens with one attached hydrogen (secondary N) is 2. The van der Waals surface area contributed by atoms with Crippen LogP contribution in [0, 0.1) is 5.82 Å². The summed E-state index contributed by atoms with van der Waals surface area (Å²) in [6, 6.07) is 13.3. The first-order valence-electron chi connectivity index (χ1n) is 11.4. The third-order valence-electron chi connectivity index (χ3n) is 5.84. The number of hydrogen-bond donors (Lipinski definition) is 3. The van der Waals surface area contributed by atoms with E-state index < -0.39 is 5.82 Å². The first-order chi connectivity index (χ1) is 15.6. The maximum Gasteiger partial charge on any atom is 0.191 e. The molecule has 1 saturated heterocycles. The fraction of sp³-hybridized carbons (Fsp3) is 0.480. The number of likely N-dealkylation sites (tertiary alicyclic amines) is 1. The van der Waals surface area contributed by atoms with Crippen molar-refractivity contribution in [3.05, 3.63) is 65.0 Å². The number of guanidine groups is 1. The molecule has 0 bridgehead atoms. The zero-order chi connectivity index (χ0) is 22.8. The smallest absolute Gasteiger partial charge is 0.191 e. The van der Waals surface area contributed by atoms with Crippen molar-refractivity contribution >= 4 is 5.96 Å². The van der Waals surface area contributed by atoms with Crippen LogP contribution in [0.3, 0.4) is 0 Å². The van der Waals surface area contributed by atoms with Gasteiger partial charge in [-0.3, -0.25) is 4.90 Å². The van der Waals surface area contributed by atoms with Crippen molar-refractivity contribution in [1.82, 2.24) is 15.5 Å². The predicted molar refractivity (Wildman–Crippen MR) is 126 cm³/mol. The molecule has 174 valence electrons. The molecule has 0 saturated carbocycles. The summed E-state index contributed by atoms with van der Waals surface area (Å²) in [5, 5.41) is 16.1. The predicted octanol–water partition coefficient (Wildman–Crippen LogP) is 3.61. The summed E-state index contributed by atoms with van der Waals surface area (Å²) < 4.78 is 19.0. The lowest BCUT2D eigenvalue weighted by atomic mass is 10.0. The molecule has 7 heteroatoms. The van der Waals surface area contributed by atoms with Crippen molar-refractivity contribution in [2.24, 2.45) is 4.99 Å². The van der Waals surface area contributed by atoms with E-state index in [1.807, 2.05) is 19.1 Å². The van der Waals surface area contributed by atoms with Gasteiger partial charge in [-0.25, -0.2) is 9.38 Å². The van der Waals surface area contributed by atoms with Gasteiger partial charge in [-0.15, -0.1) is 0 Å². The first kappa shape index (κ1) is 24.0. The third kappa shape index (κ3) is 6.68. The topological polar surface area (TPSA) is 69.1 Å². The number of benzene rings is 2. The Labute approximate surface area is 190 Å². The molecule has 0 amide bonds. The summed E-state index contributed by atoms with van der Waals surface area (Å²) in [7, 11) is 1.68. The van der Waals surface area contributed by atoms with Crippen molar-refractivity contribution in [3.63, 3.8) is 0 Å². The van der Waals surface area contributed by atoms with Gasteiger partial charge in [0.2, 0.25) is 0 Å². The van der Waals surface area contributed by atoms with Crippen LogP contribution in [-0.4, -0.2) is 49.3 Å². The lowest BCUT2D eigenvalue weighted by Crippen LogP contribution is -2.44. The molecule has 6 nitrogen and oxygen atoms in total. The van der Waals surface area contributed by atoms with Crippen LogP contribution >= 0.6 is 0 Å². The van der Waals surface area contributed by atoms with E-state index in [1.54, 1.807) is 19.2 Å². The second-order valence-corrected chi connectivity index (χ2v) is 8.05. The second kappa shape index (κ2) is 12.4. The number of aliphatic hydroxyl groups is 1. The fourth-order valence-corrected chi connectivity index (χ4v) is 4.07. The highest BCUT2D eigenvalue weighted by Gasteiger charge is 2.22. The summed E-state index contributed by atoms with van der Waals surface area (Å²) in [4.78, 5) is 7.22. The average molecular weight is 443 g/mol. The van der Waals surface area contributed by atoms with E-state index in [9.17, 15) is 9.50 Å². The van der Waals surface area contributed by atoms with Crippen molar-refractivity contribution in [3.8, 4) is 5.75 Å². The maximum atomic E-state index is 13.7. The molecule has 3 rings (SSSR count). The van der Waals surface area contributed by atoms with Gasteiger partial charge in [0, 0.05) is 18.7 Å². The summed E-state index contributed by atoms with van der Waals surface area (Å²) in [6.45, 7) is 5.76. The van der Waals surface area contributed by atoms with Gasteiger partial charge in [-0.1, -0.05) is 24.6 Å². The van der Waals surface area contributed by atoms with Crippen LogP contribution in [0.1, 0.15) is 48.9 Å². The highest BCUT2D eigenvalue weighted by atomic mass is 19.1. The SMILES string of the molecule is CCNC(=NCc1ccc(F)c(CO)c1)NCC(c1ccc(OC)cc1)N1CCCCC1. The monoisotopic (exact) mass is 442 g/mol. The number of aliphatic imine (C=N–C) groups is 1. The number of ether oxygens (including phenoxy) is 1. The molecular weight excluding hydrogens is 407 g/mol. The Bertz CT molecular complexity index is 867. The Kier molecular flexibility index (Phi) is 9.31. The minimum atomic E-state index is -0.394. The number of halogens is 1. The Morgan fingerprint density at radius 1 is 1.12 bits per heavy atom. The van der Waals surface area contributed by atoms with Crippen LogP contribution in [0.5, 0.6) is 5.75 Å². The van der Waals surface area contributed by atoms with Crippen LogP contribution in [0.2, 0.25) is 0 Å².